The largest absolute Gasteiger partial charge is 0.287 e. The molecular formula is C46H28O2S4. The SMILES string of the molecule is O=C1C(Sc2ccc3ccccc3c2)=C(Sc2ccc3ccccc3c2)C(=O)C(Sc2ccc3ccccc3c2)=C1Sc1ccc2ccccc2c1. The minimum absolute atomic E-state index is 0.137. The molecule has 0 aromatic heterocycles. The van der Waals surface area contributed by atoms with E-state index in [9.17, 15) is 0 Å². The number of hydrogen-bond donors (Lipinski definition) is 0. The third-order valence-corrected chi connectivity index (χ3v) is 13.6. The molecule has 0 saturated carbocycles. The van der Waals surface area contributed by atoms with E-state index in [2.05, 4.69) is 97.1 Å². The van der Waals surface area contributed by atoms with Crippen LogP contribution >= 0.6 is 47.0 Å². The van der Waals surface area contributed by atoms with E-state index in [-0.39, 0.29) is 11.6 Å². The molecule has 0 N–H and O–H groups in total. The number of ketones is 2. The second-order valence-corrected chi connectivity index (χ2v) is 16.8. The number of thioether (sulfide) groups is 4. The van der Waals surface area contributed by atoms with Crippen LogP contribution in [0.4, 0.5) is 0 Å². The van der Waals surface area contributed by atoms with Crippen molar-refractivity contribution in [2.45, 2.75) is 19.6 Å². The third-order valence-electron chi connectivity index (χ3n) is 9.00. The van der Waals surface area contributed by atoms with Crippen molar-refractivity contribution >= 4 is 102 Å². The molecule has 1 aliphatic rings. The Kier molecular flexibility index (Phi) is 8.99. The normalized spacial score (nSPS) is 13.6. The lowest BCUT2D eigenvalue weighted by molar-refractivity contribution is -0.114. The molecule has 1 aliphatic carbocycles. The Morgan fingerprint density at radius 2 is 0.462 bits per heavy atom. The van der Waals surface area contributed by atoms with Gasteiger partial charge in [-0.05, 0) is 91.6 Å². The summed E-state index contributed by atoms with van der Waals surface area (Å²) >= 11 is 5.52. The molecule has 0 atom stereocenters. The van der Waals surface area contributed by atoms with Crippen molar-refractivity contribution < 1.29 is 9.59 Å². The lowest BCUT2D eigenvalue weighted by Gasteiger charge is -2.23. The highest BCUT2D eigenvalue weighted by molar-refractivity contribution is 8.10. The first kappa shape index (κ1) is 32.9. The zero-order valence-corrected chi connectivity index (χ0v) is 30.9. The zero-order valence-electron chi connectivity index (χ0n) is 27.6. The quantitative estimate of drug-likeness (QED) is 0.144. The van der Waals surface area contributed by atoms with Crippen LogP contribution in [0.15, 0.2) is 209 Å². The molecule has 0 unspecified atom stereocenters. The molecule has 8 aromatic rings. The number of fused-ring (bicyclic) bond motifs is 4. The average Bonchev–Trinajstić information content (AvgIpc) is 3.19. The summed E-state index contributed by atoms with van der Waals surface area (Å²) in [6, 6.07) is 57.6. The van der Waals surface area contributed by atoms with Crippen LogP contribution in [0.1, 0.15) is 0 Å². The highest BCUT2D eigenvalue weighted by atomic mass is 32.2. The molecular weight excluding hydrogens is 713 g/mol. The standard InChI is InChI=1S/C46H28O2S4/c47-41-43(49-37-21-17-29-9-1-5-13-33(29)25-37)44(50-38-22-18-30-10-2-6-14-34(30)26-38)42(48)46(52-40-24-20-32-12-4-8-16-36(32)28-40)45(41)51-39-23-19-31-11-3-7-15-35(31)27-39/h1-28H. The Morgan fingerprint density at radius 3 is 0.692 bits per heavy atom. The van der Waals surface area contributed by atoms with Gasteiger partial charge in [0.15, 0.2) is 0 Å². The van der Waals surface area contributed by atoms with Crippen LogP contribution in [0.2, 0.25) is 0 Å². The summed E-state index contributed by atoms with van der Waals surface area (Å²) in [6.07, 6.45) is 0. The van der Waals surface area contributed by atoms with E-state index in [1.54, 1.807) is 0 Å². The number of carbonyl (C=O) groups excluding carboxylic acids is 2. The fourth-order valence-electron chi connectivity index (χ4n) is 6.38. The number of allylic oxidation sites excluding steroid dienone is 4. The van der Waals surface area contributed by atoms with Crippen LogP contribution in [0.5, 0.6) is 0 Å². The highest BCUT2D eigenvalue weighted by Crippen LogP contribution is 2.50. The maximum Gasteiger partial charge on any atom is 0.208 e. The van der Waals surface area contributed by atoms with E-state index in [0.29, 0.717) is 19.6 Å². The van der Waals surface area contributed by atoms with Gasteiger partial charge in [-0.1, -0.05) is 168 Å². The van der Waals surface area contributed by atoms with Crippen molar-refractivity contribution in [1.29, 1.82) is 0 Å². The molecule has 0 fully saturated rings. The fourth-order valence-corrected chi connectivity index (χ4v) is 10.8. The molecule has 2 nitrogen and oxygen atoms in total. The van der Waals surface area contributed by atoms with E-state index in [0.717, 1.165) is 62.7 Å². The van der Waals surface area contributed by atoms with Gasteiger partial charge in [0.2, 0.25) is 11.6 Å². The summed E-state index contributed by atoms with van der Waals surface area (Å²) in [7, 11) is 0. The minimum Gasteiger partial charge on any atom is -0.287 e. The second kappa shape index (κ2) is 14.2. The maximum atomic E-state index is 15.1. The number of carbonyl (C=O) groups is 2. The monoisotopic (exact) mass is 740 g/mol. The number of Topliss-reactive ketones (excluding diaryl/α,β-unsaturated/α-hetero) is 2. The van der Waals surface area contributed by atoms with Gasteiger partial charge in [0.1, 0.15) is 0 Å². The van der Waals surface area contributed by atoms with Crippen LogP contribution in [0, 0.1) is 0 Å². The Hall–Kier alpha value is -4.98. The van der Waals surface area contributed by atoms with E-state index < -0.39 is 0 Å². The Bertz CT molecular complexity index is 2420. The van der Waals surface area contributed by atoms with Crippen molar-refractivity contribution in [2.75, 3.05) is 0 Å². The van der Waals surface area contributed by atoms with Crippen LogP contribution in [0.25, 0.3) is 43.1 Å². The van der Waals surface area contributed by atoms with Crippen molar-refractivity contribution in [1.82, 2.24) is 0 Å². The average molecular weight is 741 g/mol. The molecule has 248 valence electrons. The first-order chi connectivity index (χ1) is 25.6. The first-order valence-corrected chi connectivity index (χ1v) is 20.1. The summed E-state index contributed by atoms with van der Waals surface area (Å²) in [4.78, 5) is 35.6. The fraction of sp³-hybridized carbons (Fsp3) is 0. The number of hydrogen-bond acceptors (Lipinski definition) is 6. The number of rotatable bonds is 8. The van der Waals surface area contributed by atoms with Gasteiger partial charge in [-0.15, -0.1) is 0 Å². The van der Waals surface area contributed by atoms with Crippen molar-refractivity contribution in [3.8, 4) is 0 Å². The van der Waals surface area contributed by atoms with Crippen LogP contribution in [-0.4, -0.2) is 11.6 Å². The van der Waals surface area contributed by atoms with Gasteiger partial charge in [0, 0.05) is 19.6 Å². The van der Waals surface area contributed by atoms with Gasteiger partial charge >= 0.3 is 0 Å². The Morgan fingerprint density at radius 1 is 0.250 bits per heavy atom. The summed E-state index contributed by atoms with van der Waals surface area (Å²) in [5.74, 6) is -0.273. The molecule has 0 radical (unpaired) electrons. The van der Waals surface area contributed by atoms with Gasteiger partial charge in [-0.2, -0.15) is 0 Å². The second-order valence-electron chi connectivity index (χ2n) is 12.4. The van der Waals surface area contributed by atoms with Crippen LogP contribution in [0.3, 0.4) is 0 Å². The summed E-state index contributed by atoms with van der Waals surface area (Å²) in [5.41, 5.74) is 0. The zero-order chi connectivity index (χ0) is 35.0. The van der Waals surface area contributed by atoms with Crippen molar-refractivity contribution in [2.24, 2.45) is 0 Å². The minimum atomic E-state index is -0.137. The summed E-state index contributed by atoms with van der Waals surface area (Å²) in [5, 5.41) is 8.83. The lowest BCUT2D eigenvalue weighted by atomic mass is 10.1. The van der Waals surface area contributed by atoms with Crippen LogP contribution < -0.4 is 0 Å². The highest BCUT2D eigenvalue weighted by Gasteiger charge is 2.37. The van der Waals surface area contributed by atoms with E-state index in [1.807, 2.05) is 72.8 Å². The van der Waals surface area contributed by atoms with Gasteiger partial charge in [0.25, 0.3) is 0 Å². The first-order valence-electron chi connectivity index (χ1n) is 16.8. The smallest absolute Gasteiger partial charge is 0.208 e. The van der Waals surface area contributed by atoms with Crippen LogP contribution in [-0.2, 0) is 9.59 Å². The third kappa shape index (κ3) is 6.59. The predicted molar refractivity (Wildman–Crippen MR) is 223 cm³/mol. The Labute approximate surface area is 318 Å². The van der Waals surface area contributed by atoms with Crippen molar-refractivity contribution in [3.05, 3.63) is 189 Å². The predicted octanol–water partition coefficient (Wildman–Crippen LogP) is 13.3. The maximum absolute atomic E-state index is 15.1. The molecule has 0 bridgehead atoms. The van der Waals surface area contributed by atoms with Gasteiger partial charge < -0.3 is 0 Å². The molecule has 0 amide bonds. The molecule has 8 aromatic carbocycles. The molecule has 0 saturated heterocycles. The molecule has 6 heteroatoms. The van der Waals surface area contributed by atoms with Crippen molar-refractivity contribution in [3.63, 3.8) is 0 Å². The molecule has 0 spiro atoms. The summed E-state index contributed by atoms with van der Waals surface area (Å²) in [6.45, 7) is 0. The van der Waals surface area contributed by atoms with Gasteiger partial charge in [0.05, 0.1) is 19.6 Å². The molecule has 9 rings (SSSR count). The van der Waals surface area contributed by atoms with Gasteiger partial charge in [-0.25, -0.2) is 0 Å². The van der Waals surface area contributed by atoms with E-state index in [1.165, 1.54) is 47.0 Å². The topological polar surface area (TPSA) is 34.1 Å². The molecule has 52 heavy (non-hydrogen) atoms. The summed E-state index contributed by atoms with van der Waals surface area (Å²) < 4.78 is 0. The molecule has 0 aliphatic heterocycles. The molecule has 0 heterocycles. The van der Waals surface area contributed by atoms with E-state index in [4.69, 9.17) is 0 Å². The van der Waals surface area contributed by atoms with Gasteiger partial charge in [-0.3, -0.25) is 9.59 Å². The Balaban J connectivity index is 1.19. The van der Waals surface area contributed by atoms with E-state index >= 15 is 9.59 Å². The lowest BCUT2D eigenvalue weighted by Crippen LogP contribution is -2.19. The number of benzene rings is 8.